The lowest BCUT2D eigenvalue weighted by molar-refractivity contribution is -0.0808. The van der Waals surface area contributed by atoms with E-state index in [2.05, 4.69) is 14.9 Å². The number of benzene rings is 1. The lowest BCUT2D eigenvalue weighted by Gasteiger charge is -2.43. The van der Waals surface area contributed by atoms with Crippen molar-refractivity contribution in [3.05, 3.63) is 65.7 Å². The van der Waals surface area contributed by atoms with Gasteiger partial charge in [-0.1, -0.05) is 12.5 Å². The summed E-state index contributed by atoms with van der Waals surface area (Å²) in [6.45, 7) is 3.79. The van der Waals surface area contributed by atoms with Gasteiger partial charge >= 0.3 is 0 Å². The van der Waals surface area contributed by atoms with E-state index in [1.54, 1.807) is 18.5 Å². The number of pyridine rings is 2. The molecule has 6 nitrogen and oxygen atoms in total. The van der Waals surface area contributed by atoms with Crippen molar-refractivity contribution in [1.82, 2.24) is 14.9 Å². The summed E-state index contributed by atoms with van der Waals surface area (Å²) in [5.74, 6) is -0.891. The number of likely N-dealkylation sites (tertiary alicyclic amines) is 1. The highest BCUT2D eigenvalue weighted by atomic mass is 19.1. The molecular weight excluding hydrogens is 383 g/mol. The van der Waals surface area contributed by atoms with Crippen molar-refractivity contribution in [2.24, 2.45) is 5.73 Å². The molecule has 7 heteroatoms. The van der Waals surface area contributed by atoms with Gasteiger partial charge in [0.1, 0.15) is 5.82 Å². The Morgan fingerprint density at radius 3 is 2.70 bits per heavy atom. The number of nitrogens with zero attached hydrogens (tertiary/aromatic N) is 3. The minimum atomic E-state index is -0.776. The van der Waals surface area contributed by atoms with Gasteiger partial charge in [-0.15, -0.1) is 0 Å². The van der Waals surface area contributed by atoms with Crippen molar-refractivity contribution in [2.45, 2.75) is 38.3 Å². The van der Waals surface area contributed by atoms with Gasteiger partial charge in [0.25, 0.3) is 5.91 Å². The molecule has 1 aliphatic heterocycles. The zero-order chi connectivity index (χ0) is 21.1. The third-order valence-corrected chi connectivity index (χ3v) is 5.67. The fraction of sp³-hybridized carbons (Fsp3) is 0.348. The molecule has 0 aliphatic carbocycles. The largest absolute Gasteiger partial charge is 0.455 e. The molecule has 0 bridgehead atoms. The van der Waals surface area contributed by atoms with Crippen LogP contribution < -0.4 is 10.5 Å². The van der Waals surface area contributed by atoms with E-state index in [1.807, 2.05) is 25.1 Å². The number of nitrogens with two attached hydrogens (primary N) is 1. The summed E-state index contributed by atoms with van der Waals surface area (Å²) in [6.07, 6.45) is 7.20. The maximum Gasteiger partial charge on any atom is 0.251 e. The van der Waals surface area contributed by atoms with Crippen LogP contribution in [0.5, 0.6) is 5.88 Å². The van der Waals surface area contributed by atoms with Gasteiger partial charge < -0.3 is 10.5 Å². The Bertz CT molecular complexity index is 1060. The van der Waals surface area contributed by atoms with E-state index in [0.717, 1.165) is 42.4 Å². The molecule has 3 aromatic rings. The topological polar surface area (TPSA) is 81.3 Å². The third kappa shape index (κ3) is 4.11. The number of hydrogen-bond acceptors (Lipinski definition) is 5. The van der Waals surface area contributed by atoms with E-state index in [4.69, 9.17) is 10.5 Å². The number of primary amides is 1. The first kappa shape index (κ1) is 20.2. The zero-order valence-corrected chi connectivity index (χ0v) is 17.0. The van der Waals surface area contributed by atoms with Crippen LogP contribution in [0, 0.1) is 5.82 Å². The van der Waals surface area contributed by atoms with E-state index >= 15 is 0 Å². The van der Waals surface area contributed by atoms with Gasteiger partial charge in [-0.2, -0.15) is 0 Å². The number of amides is 1. The maximum atomic E-state index is 14.4. The van der Waals surface area contributed by atoms with Crippen LogP contribution in [0.4, 0.5) is 4.39 Å². The van der Waals surface area contributed by atoms with E-state index in [1.165, 1.54) is 18.6 Å². The fourth-order valence-corrected chi connectivity index (χ4v) is 4.09. The molecule has 1 atom stereocenters. The monoisotopic (exact) mass is 408 g/mol. The standard InChI is InChI=1S/C23H25FN4O2/c1-23(28-12-3-2-4-13-28,15-16-7-8-17(21(25)29)19(24)14-16)30-22-18-6-5-10-26-20(18)9-11-27-22/h5-11,14H,2-4,12-13,15H2,1H3,(H2,25,29). The highest BCUT2D eigenvalue weighted by molar-refractivity contribution is 5.93. The second-order valence-electron chi connectivity index (χ2n) is 7.87. The molecule has 1 unspecified atom stereocenters. The van der Waals surface area contributed by atoms with E-state index < -0.39 is 17.4 Å². The highest BCUT2D eigenvalue weighted by Gasteiger charge is 2.36. The number of aromatic nitrogens is 2. The Balaban J connectivity index is 1.70. The van der Waals surface area contributed by atoms with E-state index in [0.29, 0.717) is 12.3 Å². The third-order valence-electron chi connectivity index (χ3n) is 5.67. The predicted octanol–water partition coefficient (Wildman–Crippen LogP) is 3.69. The molecule has 1 amide bonds. The van der Waals surface area contributed by atoms with Crippen molar-refractivity contribution in [1.29, 1.82) is 0 Å². The van der Waals surface area contributed by atoms with Gasteiger partial charge in [0.2, 0.25) is 5.88 Å². The second-order valence-corrected chi connectivity index (χ2v) is 7.87. The minimum absolute atomic E-state index is 0.110. The SMILES string of the molecule is CC(Cc1ccc(C(N)=O)c(F)c1)(Oc1nccc2ncccc12)N1CCCCC1. The summed E-state index contributed by atoms with van der Waals surface area (Å²) in [7, 11) is 0. The summed E-state index contributed by atoms with van der Waals surface area (Å²) in [4.78, 5) is 22.5. The molecule has 1 aromatic carbocycles. The first-order valence-electron chi connectivity index (χ1n) is 10.2. The Hall–Kier alpha value is -3.06. The highest BCUT2D eigenvalue weighted by Crippen LogP contribution is 2.31. The molecule has 2 N–H and O–H groups in total. The van der Waals surface area contributed by atoms with Gasteiger partial charge in [0, 0.05) is 31.9 Å². The Kier molecular flexibility index (Phi) is 5.63. The van der Waals surface area contributed by atoms with Crippen molar-refractivity contribution in [3.8, 4) is 5.88 Å². The number of ether oxygens (including phenoxy) is 1. The van der Waals surface area contributed by atoms with Gasteiger partial charge in [-0.25, -0.2) is 9.37 Å². The van der Waals surface area contributed by atoms with E-state index in [9.17, 15) is 9.18 Å². The van der Waals surface area contributed by atoms with Crippen LogP contribution in [-0.2, 0) is 6.42 Å². The molecule has 1 saturated heterocycles. The van der Waals surface area contributed by atoms with E-state index in [-0.39, 0.29) is 5.56 Å². The van der Waals surface area contributed by atoms with Crippen LogP contribution in [0.15, 0.2) is 48.8 Å². The van der Waals surface area contributed by atoms with Gasteiger partial charge in [-0.3, -0.25) is 14.7 Å². The summed E-state index contributed by atoms with van der Waals surface area (Å²) in [5.41, 5.74) is 5.92. The summed E-state index contributed by atoms with van der Waals surface area (Å²) in [6, 6.07) is 10.2. The van der Waals surface area contributed by atoms with Crippen molar-refractivity contribution in [3.63, 3.8) is 0 Å². The number of piperidine rings is 1. The molecule has 0 radical (unpaired) electrons. The Labute approximate surface area is 174 Å². The molecule has 2 aromatic heterocycles. The smallest absolute Gasteiger partial charge is 0.251 e. The molecule has 1 aliphatic rings. The van der Waals surface area contributed by atoms with Crippen LogP contribution in [0.1, 0.15) is 42.1 Å². The number of halogens is 1. The number of carbonyl (C=O) groups is 1. The van der Waals surface area contributed by atoms with Crippen LogP contribution in [-0.4, -0.2) is 39.6 Å². The van der Waals surface area contributed by atoms with Crippen LogP contribution >= 0.6 is 0 Å². The molecule has 30 heavy (non-hydrogen) atoms. The minimum Gasteiger partial charge on any atom is -0.455 e. The lowest BCUT2D eigenvalue weighted by atomic mass is 9.98. The van der Waals surface area contributed by atoms with Crippen LogP contribution in [0.25, 0.3) is 10.9 Å². The van der Waals surface area contributed by atoms with Crippen molar-refractivity contribution >= 4 is 16.8 Å². The summed E-state index contributed by atoms with van der Waals surface area (Å²) < 4.78 is 20.9. The first-order valence-corrected chi connectivity index (χ1v) is 10.2. The lowest BCUT2D eigenvalue weighted by Crippen LogP contribution is -2.54. The van der Waals surface area contributed by atoms with Gasteiger partial charge in [0.15, 0.2) is 5.72 Å². The normalized spacial score (nSPS) is 16.9. The van der Waals surface area contributed by atoms with Crippen LogP contribution in [0.3, 0.4) is 0 Å². The Morgan fingerprint density at radius 1 is 1.17 bits per heavy atom. The zero-order valence-electron chi connectivity index (χ0n) is 17.0. The van der Waals surface area contributed by atoms with Crippen molar-refractivity contribution in [2.75, 3.05) is 13.1 Å². The number of rotatable bonds is 6. The second kappa shape index (κ2) is 8.36. The molecular formula is C23H25FN4O2. The first-order chi connectivity index (χ1) is 14.5. The summed E-state index contributed by atoms with van der Waals surface area (Å²) >= 11 is 0. The van der Waals surface area contributed by atoms with Crippen LogP contribution in [0.2, 0.25) is 0 Å². The number of carbonyl (C=O) groups excluding carboxylic acids is 1. The molecule has 156 valence electrons. The molecule has 0 spiro atoms. The molecule has 0 saturated carbocycles. The average molecular weight is 408 g/mol. The maximum absolute atomic E-state index is 14.4. The fourth-order valence-electron chi connectivity index (χ4n) is 4.09. The Morgan fingerprint density at radius 2 is 1.97 bits per heavy atom. The van der Waals surface area contributed by atoms with Gasteiger partial charge in [0.05, 0.1) is 16.5 Å². The predicted molar refractivity (Wildman–Crippen MR) is 113 cm³/mol. The van der Waals surface area contributed by atoms with Crippen molar-refractivity contribution < 1.29 is 13.9 Å². The molecule has 4 rings (SSSR count). The average Bonchev–Trinajstić information content (AvgIpc) is 2.74. The van der Waals surface area contributed by atoms with Gasteiger partial charge in [-0.05, 0) is 55.7 Å². The number of hydrogen-bond donors (Lipinski definition) is 1. The molecule has 1 fully saturated rings. The molecule has 3 heterocycles. The summed E-state index contributed by atoms with van der Waals surface area (Å²) in [5, 5.41) is 0.832. The number of fused-ring (bicyclic) bond motifs is 1. The quantitative estimate of drug-likeness (QED) is 0.673.